The standard InChI is InChI=1S/C15H31N3O/c1-13(2)18-9-10-19-15(12-18)11-14(3)17-7-5-16(4)6-8-17/h13-15H,5-12H2,1-4H3. The molecule has 4 heteroatoms. The van der Waals surface area contributed by atoms with Crippen LogP contribution in [0.15, 0.2) is 0 Å². The lowest BCUT2D eigenvalue weighted by Crippen LogP contribution is -2.51. The van der Waals surface area contributed by atoms with E-state index in [1.807, 2.05) is 0 Å². The number of nitrogens with zero attached hydrogens (tertiary/aromatic N) is 3. The van der Waals surface area contributed by atoms with Gasteiger partial charge in [-0.1, -0.05) is 0 Å². The van der Waals surface area contributed by atoms with E-state index in [-0.39, 0.29) is 0 Å². The normalized spacial score (nSPS) is 29.8. The zero-order chi connectivity index (χ0) is 13.8. The lowest BCUT2D eigenvalue weighted by Gasteiger charge is -2.40. The second kappa shape index (κ2) is 7.02. The summed E-state index contributed by atoms with van der Waals surface area (Å²) < 4.78 is 5.96. The first-order chi connectivity index (χ1) is 9.06. The maximum absolute atomic E-state index is 5.96. The largest absolute Gasteiger partial charge is 0.375 e. The van der Waals surface area contributed by atoms with Gasteiger partial charge in [0, 0.05) is 51.4 Å². The molecule has 2 saturated heterocycles. The Morgan fingerprint density at radius 1 is 1.00 bits per heavy atom. The van der Waals surface area contributed by atoms with Gasteiger partial charge in [0.25, 0.3) is 0 Å². The molecule has 2 unspecified atom stereocenters. The Hall–Kier alpha value is -0.160. The van der Waals surface area contributed by atoms with Gasteiger partial charge in [-0.3, -0.25) is 9.80 Å². The number of ether oxygens (including phenoxy) is 1. The van der Waals surface area contributed by atoms with Crippen molar-refractivity contribution in [2.75, 3.05) is 52.9 Å². The Bertz CT molecular complexity index is 264. The van der Waals surface area contributed by atoms with Crippen molar-refractivity contribution >= 4 is 0 Å². The monoisotopic (exact) mass is 269 g/mol. The van der Waals surface area contributed by atoms with E-state index < -0.39 is 0 Å². The summed E-state index contributed by atoms with van der Waals surface area (Å²) in [6.07, 6.45) is 1.60. The van der Waals surface area contributed by atoms with E-state index >= 15 is 0 Å². The van der Waals surface area contributed by atoms with Crippen molar-refractivity contribution in [2.45, 2.75) is 45.4 Å². The van der Waals surface area contributed by atoms with Gasteiger partial charge in [0.2, 0.25) is 0 Å². The van der Waals surface area contributed by atoms with Crippen LogP contribution < -0.4 is 0 Å². The molecule has 2 heterocycles. The predicted octanol–water partition coefficient (Wildman–Crippen LogP) is 1.12. The molecule has 0 bridgehead atoms. The average Bonchev–Trinajstić information content (AvgIpc) is 2.39. The van der Waals surface area contributed by atoms with Crippen LogP contribution in [0.1, 0.15) is 27.2 Å². The molecule has 0 aromatic rings. The highest BCUT2D eigenvalue weighted by atomic mass is 16.5. The number of hydrogen-bond donors (Lipinski definition) is 0. The molecule has 2 rings (SSSR count). The Morgan fingerprint density at radius 3 is 2.32 bits per heavy atom. The molecule has 4 nitrogen and oxygen atoms in total. The molecule has 0 saturated carbocycles. The van der Waals surface area contributed by atoms with Gasteiger partial charge >= 0.3 is 0 Å². The zero-order valence-electron chi connectivity index (χ0n) is 13.1. The molecule has 0 spiro atoms. The quantitative estimate of drug-likeness (QED) is 0.761. The van der Waals surface area contributed by atoms with Crippen LogP contribution >= 0.6 is 0 Å². The number of hydrogen-bond acceptors (Lipinski definition) is 4. The molecular formula is C15H31N3O. The van der Waals surface area contributed by atoms with Crippen molar-refractivity contribution in [3.63, 3.8) is 0 Å². The summed E-state index contributed by atoms with van der Waals surface area (Å²) in [5.74, 6) is 0. The molecule has 0 amide bonds. The van der Waals surface area contributed by atoms with Crippen LogP contribution in [0.25, 0.3) is 0 Å². The molecule has 0 aliphatic carbocycles. The third kappa shape index (κ3) is 4.42. The maximum atomic E-state index is 5.96. The minimum Gasteiger partial charge on any atom is -0.375 e. The van der Waals surface area contributed by atoms with Crippen molar-refractivity contribution in [2.24, 2.45) is 0 Å². The summed E-state index contributed by atoms with van der Waals surface area (Å²) in [4.78, 5) is 7.59. The minimum atomic E-state index is 0.422. The third-order valence-corrected chi connectivity index (χ3v) is 4.67. The Labute approximate surface area is 118 Å². The van der Waals surface area contributed by atoms with Crippen molar-refractivity contribution in [1.29, 1.82) is 0 Å². The molecular weight excluding hydrogens is 238 g/mol. The summed E-state index contributed by atoms with van der Waals surface area (Å²) in [5, 5.41) is 0. The first-order valence-corrected chi connectivity index (χ1v) is 7.84. The molecule has 19 heavy (non-hydrogen) atoms. The van der Waals surface area contributed by atoms with E-state index in [0.717, 1.165) is 19.7 Å². The lowest BCUT2D eigenvalue weighted by molar-refractivity contribution is -0.0533. The van der Waals surface area contributed by atoms with Crippen LogP contribution in [-0.4, -0.2) is 85.8 Å². The topological polar surface area (TPSA) is 19.0 Å². The van der Waals surface area contributed by atoms with E-state index in [1.54, 1.807) is 0 Å². The fourth-order valence-electron chi connectivity index (χ4n) is 3.15. The molecule has 2 aliphatic rings. The van der Waals surface area contributed by atoms with E-state index in [0.29, 0.717) is 18.2 Å². The van der Waals surface area contributed by atoms with Gasteiger partial charge in [-0.15, -0.1) is 0 Å². The van der Waals surface area contributed by atoms with Gasteiger partial charge in [-0.05, 0) is 34.2 Å². The van der Waals surface area contributed by atoms with E-state index in [9.17, 15) is 0 Å². The third-order valence-electron chi connectivity index (χ3n) is 4.67. The van der Waals surface area contributed by atoms with Gasteiger partial charge in [-0.25, -0.2) is 0 Å². The van der Waals surface area contributed by atoms with Crippen LogP contribution in [0.2, 0.25) is 0 Å². The fourth-order valence-corrected chi connectivity index (χ4v) is 3.15. The molecule has 0 radical (unpaired) electrons. The summed E-state index contributed by atoms with van der Waals surface area (Å²) in [7, 11) is 2.22. The maximum Gasteiger partial charge on any atom is 0.0717 e. The van der Waals surface area contributed by atoms with Crippen molar-refractivity contribution in [3.05, 3.63) is 0 Å². The van der Waals surface area contributed by atoms with E-state index in [4.69, 9.17) is 4.74 Å². The second-order valence-electron chi connectivity index (χ2n) is 6.51. The molecule has 112 valence electrons. The average molecular weight is 269 g/mol. The fraction of sp³-hybridized carbons (Fsp3) is 1.00. The van der Waals surface area contributed by atoms with Crippen LogP contribution in [0.4, 0.5) is 0 Å². The summed E-state index contributed by atoms with van der Waals surface area (Å²) in [6, 6.07) is 1.29. The summed E-state index contributed by atoms with van der Waals surface area (Å²) in [6.45, 7) is 14.9. The highest BCUT2D eigenvalue weighted by Gasteiger charge is 2.26. The van der Waals surface area contributed by atoms with Gasteiger partial charge in [0.05, 0.1) is 12.7 Å². The smallest absolute Gasteiger partial charge is 0.0717 e. The summed E-state index contributed by atoms with van der Waals surface area (Å²) >= 11 is 0. The minimum absolute atomic E-state index is 0.422. The number of piperazine rings is 1. The van der Waals surface area contributed by atoms with Crippen molar-refractivity contribution in [1.82, 2.24) is 14.7 Å². The van der Waals surface area contributed by atoms with Crippen LogP contribution in [-0.2, 0) is 4.74 Å². The first-order valence-electron chi connectivity index (χ1n) is 7.84. The number of rotatable bonds is 4. The Balaban J connectivity index is 1.76. The lowest BCUT2D eigenvalue weighted by atomic mass is 10.1. The van der Waals surface area contributed by atoms with Crippen molar-refractivity contribution < 1.29 is 4.74 Å². The summed E-state index contributed by atoms with van der Waals surface area (Å²) in [5.41, 5.74) is 0. The predicted molar refractivity (Wildman–Crippen MR) is 79.6 cm³/mol. The highest BCUT2D eigenvalue weighted by Crippen LogP contribution is 2.16. The van der Waals surface area contributed by atoms with Crippen molar-refractivity contribution in [3.8, 4) is 0 Å². The van der Waals surface area contributed by atoms with Gasteiger partial charge in [-0.2, -0.15) is 0 Å². The molecule has 2 fully saturated rings. The first kappa shape index (κ1) is 15.2. The molecule has 0 aromatic carbocycles. The van der Waals surface area contributed by atoms with E-state index in [2.05, 4.69) is 42.5 Å². The van der Waals surface area contributed by atoms with Gasteiger partial charge in [0.15, 0.2) is 0 Å². The van der Waals surface area contributed by atoms with Crippen LogP contribution in [0.3, 0.4) is 0 Å². The Morgan fingerprint density at radius 2 is 1.68 bits per heavy atom. The van der Waals surface area contributed by atoms with Gasteiger partial charge < -0.3 is 9.64 Å². The zero-order valence-corrected chi connectivity index (χ0v) is 13.1. The van der Waals surface area contributed by atoms with Gasteiger partial charge in [0.1, 0.15) is 0 Å². The molecule has 0 N–H and O–H groups in total. The molecule has 2 atom stereocenters. The number of morpholine rings is 1. The van der Waals surface area contributed by atoms with E-state index in [1.165, 1.54) is 32.6 Å². The SMILES string of the molecule is CC(C)N1CCOC(CC(C)N2CCN(C)CC2)C1. The van der Waals surface area contributed by atoms with Crippen LogP contribution in [0.5, 0.6) is 0 Å². The van der Waals surface area contributed by atoms with Crippen LogP contribution in [0, 0.1) is 0 Å². The molecule has 2 aliphatic heterocycles. The molecule has 0 aromatic heterocycles. The highest BCUT2D eigenvalue weighted by molar-refractivity contribution is 4.81. The number of likely N-dealkylation sites (N-methyl/N-ethyl adjacent to an activating group) is 1. The second-order valence-corrected chi connectivity index (χ2v) is 6.51. The Kier molecular flexibility index (Phi) is 5.63.